The van der Waals surface area contributed by atoms with E-state index in [1.54, 1.807) is 6.20 Å². The van der Waals surface area contributed by atoms with Crippen molar-refractivity contribution >= 4 is 23.3 Å². The maximum absolute atomic E-state index is 5.71. The third-order valence-corrected chi connectivity index (χ3v) is 3.01. The summed E-state index contributed by atoms with van der Waals surface area (Å²) in [5.74, 6) is 2.02. The summed E-state index contributed by atoms with van der Waals surface area (Å²) < 4.78 is 0. The van der Waals surface area contributed by atoms with Crippen LogP contribution in [0.4, 0.5) is 11.5 Å². The Morgan fingerprint density at radius 1 is 1.31 bits per heavy atom. The molecule has 0 aliphatic heterocycles. The van der Waals surface area contributed by atoms with Crippen LogP contribution in [0.2, 0.25) is 0 Å². The smallest absolute Gasteiger partial charge is 0.152 e. The molecule has 3 N–H and O–H groups in total. The van der Waals surface area contributed by atoms with E-state index in [1.807, 2.05) is 11.8 Å². The van der Waals surface area contributed by atoms with Crippen molar-refractivity contribution in [1.29, 1.82) is 0 Å². The number of nitrogens with one attached hydrogen (secondary N) is 1. The number of aromatic nitrogens is 2. The first-order valence-corrected chi connectivity index (χ1v) is 7.02. The van der Waals surface area contributed by atoms with Crippen molar-refractivity contribution in [3.8, 4) is 0 Å². The van der Waals surface area contributed by atoms with Gasteiger partial charge in [0.2, 0.25) is 0 Å². The Labute approximate surface area is 101 Å². The van der Waals surface area contributed by atoms with Crippen molar-refractivity contribution in [2.75, 3.05) is 29.6 Å². The highest BCUT2D eigenvalue weighted by atomic mass is 32.2. The van der Waals surface area contributed by atoms with Gasteiger partial charge in [0.15, 0.2) is 5.82 Å². The van der Waals surface area contributed by atoms with Crippen LogP contribution in [0.25, 0.3) is 0 Å². The lowest BCUT2D eigenvalue weighted by Crippen LogP contribution is -2.06. The lowest BCUT2D eigenvalue weighted by atomic mass is 10.2. The van der Waals surface area contributed by atoms with Gasteiger partial charge in [-0.3, -0.25) is 0 Å². The van der Waals surface area contributed by atoms with Crippen LogP contribution in [0.5, 0.6) is 0 Å². The monoisotopic (exact) mass is 240 g/mol. The van der Waals surface area contributed by atoms with Crippen molar-refractivity contribution in [2.45, 2.75) is 25.7 Å². The summed E-state index contributed by atoms with van der Waals surface area (Å²) in [5.41, 5.74) is 6.33. The van der Waals surface area contributed by atoms with E-state index in [9.17, 15) is 0 Å². The fourth-order valence-corrected chi connectivity index (χ4v) is 1.91. The number of hydrogen-bond donors (Lipinski definition) is 2. The molecule has 0 amide bonds. The highest BCUT2D eigenvalue weighted by molar-refractivity contribution is 7.98. The number of thioether (sulfide) groups is 1. The lowest BCUT2D eigenvalue weighted by Gasteiger charge is -2.06. The molecule has 0 saturated carbocycles. The first-order chi connectivity index (χ1) is 7.84. The Morgan fingerprint density at radius 2 is 2.12 bits per heavy atom. The average Bonchev–Trinajstić information content (AvgIpc) is 2.30. The highest BCUT2D eigenvalue weighted by Crippen LogP contribution is 2.11. The summed E-state index contributed by atoms with van der Waals surface area (Å²) in [7, 11) is 0. The Morgan fingerprint density at radius 3 is 2.88 bits per heavy atom. The van der Waals surface area contributed by atoms with Crippen molar-refractivity contribution < 1.29 is 0 Å². The zero-order chi connectivity index (χ0) is 11.6. The molecule has 1 heterocycles. The van der Waals surface area contributed by atoms with E-state index in [4.69, 9.17) is 5.73 Å². The summed E-state index contributed by atoms with van der Waals surface area (Å²) in [6.07, 6.45) is 10.3. The molecule has 0 saturated heterocycles. The van der Waals surface area contributed by atoms with E-state index in [2.05, 4.69) is 21.5 Å². The second kappa shape index (κ2) is 8.21. The maximum Gasteiger partial charge on any atom is 0.152 e. The molecular formula is C11H20N4S. The fourth-order valence-electron chi connectivity index (χ4n) is 1.42. The van der Waals surface area contributed by atoms with Gasteiger partial charge < -0.3 is 11.1 Å². The van der Waals surface area contributed by atoms with Gasteiger partial charge in [0.05, 0.1) is 11.9 Å². The second-order valence-corrected chi connectivity index (χ2v) is 4.65. The van der Waals surface area contributed by atoms with Crippen LogP contribution < -0.4 is 11.1 Å². The van der Waals surface area contributed by atoms with E-state index < -0.39 is 0 Å². The normalized spacial score (nSPS) is 10.3. The van der Waals surface area contributed by atoms with Gasteiger partial charge in [-0.1, -0.05) is 12.8 Å². The van der Waals surface area contributed by atoms with Crippen LogP contribution in [0.15, 0.2) is 12.5 Å². The van der Waals surface area contributed by atoms with E-state index >= 15 is 0 Å². The van der Waals surface area contributed by atoms with Crippen molar-refractivity contribution in [2.24, 2.45) is 0 Å². The fraction of sp³-hybridized carbons (Fsp3) is 0.636. The van der Waals surface area contributed by atoms with Gasteiger partial charge in [-0.2, -0.15) is 11.8 Å². The minimum atomic E-state index is 0.616. The molecule has 4 nitrogen and oxygen atoms in total. The van der Waals surface area contributed by atoms with Gasteiger partial charge in [0.25, 0.3) is 0 Å². The average molecular weight is 240 g/mol. The standard InChI is InChI=1S/C11H20N4S/c1-16-7-5-3-2-4-6-14-11-10(12)8-13-9-15-11/h8-9H,2-7,12H2,1H3,(H,13,14,15). The molecule has 1 aromatic rings. The minimum Gasteiger partial charge on any atom is -0.394 e. The number of unbranched alkanes of at least 4 members (excludes halogenated alkanes) is 3. The van der Waals surface area contributed by atoms with Gasteiger partial charge in [-0.15, -0.1) is 0 Å². The van der Waals surface area contributed by atoms with E-state index in [-0.39, 0.29) is 0 Å². The molecule has 1 rings (SSSR count). The molecule has 1 aromatic heterocycles. The molecule has 0 atom stereocenters. The van der Waals surface area contributed by atoms with Crippen molar-refractivity contribution in [1.82, 2.24) is 9.97 Å². The molecule has 0 unspecified atom stereocenters. The van der Waals surface area contributed by atoms with Crippen LogP contribution in [-0.2, 0) is 0 Å². The minimum absolute atomic E-state index is 0.616. The largest absolute Gasteiger partial charge is 0.394 e. The predicted molar refractivity (Wildman–Crippen MR) is 71.8 cm³/mol. The number of rotatable bonds is 8. The summed E-state index contributed by atoms with van der Waals surface area (Å²) in [6, 6.07) is 0. The Hall–Kier alpha value is -0.970. The molecule has 0 radical (unpaired) electrons. The van der Waals surface area contributed by atoms with Crippen LogP contribution in [-0.4, -0.2) is 28.5 Å². The lowest BCUT2D eigenvalue weighted by molar-refractivity contribution is 0.688. The van der Waals surface area contributed by atoms with Gasteiger partial charge in [-0.25, -0.2) is 9.97 Å². The Bertz CT molecular complexity index is 293. The predicted octanol–water partition coefficient (Wildman–Crippen LogP) is 2.39. The third kappa shape index (κ3) is 5.21. The number of hydrogen-bond acceptors (Lipinski definition) is 5. The molecular weight excluding hydrogens is 220 g/mol. The number of nitrogens with zero attached hydrogens (tertiary/aromatic N) is 2. The van der Waals surface area contributed by atoms with Crippen molar-refractivity contribution in [3.63, 3.8) is 0 Å². The van der Waals surface area contributed by atoms with Gasteiger partial charge in [0.1, 0.15) is 6.33 Å². The van der Waals surface area contributed by atoms with Gasteiger partial charge in [0, 0.05) is 6.54 Å². The summed E-state index contributed by atoms with van der Waals surface area (Å²) in [4.78, 5) is 7.92. The Kier molecular flexibility index (Phi) is 6.72. The second-order valence-electron chi connectivity index (χ2n) is 3.66. The highest BCUT2D eigenvalue weighted by Gasteiger charge is 1.97. The molecule has 16 heavy (non-hydrogen) atoms. The molecule has 0 bridgehead atoms. The van der Waals surface area contributed by atoms with Gasteiger partial charge in [-0.05, 0) is 24.9 Å². The number of nitrogens with two attached hydrogens (primary N) is 1. The molecule has 5 heteroatoms. The van der Waals surface area contributed by atoms with Crippen LogP contribution in [0, 0.1) is 0 Å². The van der Waals surface area contributed by atoms with Crippen LogP contribution in [0.3, 0.4) is 0 Å². The first kappa shape index (κ1) is 13.1. The van der Waals surface area contributed by atoms with Crippen LogP contribution >= 0.6 is 11.8 Å². The van der Waals surface area contributed by atoms with Crippen molar-refractivity contribution in [3.05, 3.63) is 12.5 Å². The maximum atomic E-state index is 5.71. The van der Waals surface area contributed by atoms with E-state index in [0.717, 1.165) is 18.8 Å². The summed E-state index contributed by atoms with van der Waals surface area (Å²) in [6.45, 7) is 0.931. The molecule has 0 fully saturated rings. The number of anilines is 2. The SMILES string of the molecule is CSCCCCCCNc1ncncc1N. The summed E-state index contributed by atoms with van der Waals surface area (Å²) in [5, 5.41) is 3.22. The van der Waals surface area contributed by atoms with Gasteiger partial charge >= 0.3 is 0 Å². The molecule has 0 aromatic carbocycles. The third-order valence-electron chi connectivity index (χ3n) is 2.31. The Balaban J connectivity index is 2.05. The topological polar surface area (TPSA) is 63.8 Å². The quantitative estimate of drug-likeness (QED) is 0.683. The molecule has 0 aliphatic carbocycles. The zero-order valence-electron chi connectivity index (χ0n) is 9.78. The number of nitrogen functional groups attached to an aromatic ring is 1. The summed E-state index contributed by atoms with van der Waals surface area (Å²) >= 11 is 1.92. The molecule has 0 spiro atoms. The van der Waals surface area contributed by atoms with E-state index in [0.29, 0.717) is 5.69 Å². The molecule has 0 aliphatic rings. The van der Waals surface area contributed by atoms with Crippen LogP contribution in [0.1, 0.15) is 25.7 Å². The van der Waals surface area contributed by atoms with E-state index in [1.165, 1.54) is 31.3 Å². The first-order valence-electron chi connectivity index (χ1n) is 5.63. The molecule has 90 valence electrons. The zero-order valence-corrected chi connectivity index (χ0v) is 10.6.